The molecule has 0 aliphatic carbocycles. The molecule has 63 heavy (non-hydrogen) atoms. The van der Waals surface area contributed by atoms with Gasteiger partial charge in [0.05, 0.1) is 24.5 Å². The fraction of sp³-hybridized carbons (Fsp3) is 0.391. The number of aliphatic hydroxyl groups is 1. The topological polar surface area (TPSA) is 254 Å². The monoisotopic (exact) mass is 863 g/mol. The molecule has 3 aromatic carbocycles. The largest absolute Gasteiger partial charge is 0.376 e. The zero-order valence-electron chi connectivity index (χ0n) is 35.7. The minimum atomic E-state index is -1.45. The Labute approximate surface area is 366 Å². The molecule has 1 fully saturated rings. The molecule has 1 saturated heterocycles. The number of nitrogens with two attached hydrogens (primary N) is 1. The van der Waals surface area contributed by atoms with E-state index in [9.17, 15) is 38.7 Å². The molecule has 1 aliphatic heterocycles. The molecule has 1 aromatic heterocycles. The summed E-state index contributed by atoms with van der Waals surface area (Å²) in [7, 11) is 1.48. The van der Waals surface area contributed by atoms with Crippen LogP contribution in [0.3, 0.4) is 0 Å². The molecule has 4 aromatic rings. The number of primary amides is 1. The van der Waals surface area contributed by atoms with Gasteiger partial charge in [0.15, 0.2) is 0 Å². The van der Waals surface area contributed by atoms with Crippen molar-refractivity contribution in [1.82, 2.24) is 41.8 Å². The van der Waals surface area contributed by atoms with Gasteiger partial charge in [-0.2, -0.15) is 0 Å². The molecule has 334 valence electrons. The van der Waals surface area contributed by atoms with Crippen molar-refractivity contribution in [3.05, 3.63) is 114 Å². The molecule has 17 nitrogen and oxygen atoms in total. The number of fused-ring (bicyclic) bond motifs is 1. The van der Waals surface area contributed by atoms with Crippen molar-refractivity contribution in [2.45, 2.75) is 88.8 Å². The summed E-state index contributed by atoms with van der Waals surface area (Å²) >= 11 is 0. The summed E-state index contributed by atoms with van der Waals surface area (Å²) < 4.78 is 0. The lowest BCUT2D eigenvalue weighted by Crippen LogP contribution is -2.59. The second-order valence-corrected chi connectivity index (χ2v) is 15.7. The molecule has 5 rings (SSSR count). The van der Waals surface area contributed by atoms with Gasteiger partial charge in [0.2, 0.25) is 35.4 Å². The Morgan fingerprint density at radius 3 is 1.97 bits per heavy atom. The van der Waals surface area contributed by atoms with Crippen molar-refractivity contribution in [3.63, 3.8) is 0 Å². The van der Waals surface area contributed by atoms with Crippen LogP contribution >= 0.6 is 0 Å². The van der Waals surface area contributed by atoms with E-state index in [-0.39, 0.29) is 36.9 Å². The normalized spacial score (nSPS) is 16.6. The first kappa shape index (κ1) is 47.3. The van der Waals surface area contributed by atoms with Crippen molar-refractivity contribution in [3.8, 4) is 0 Å². The summed E-state index contributed by atoms with van der Waals surface area (Å²) in [6, 6.07) is 23.0. The van der Waals surface area contributed by atoms with E-state index in [4.69, 9.17) is 5.73 Å². The van der Waals surface area contributed by atoms with E-state index in [1.54, 1.807) is 48.5 Å². The molecule has 1 unspecified atom stereocenters. The number of para-hydroxylation sites is 1. The molecule has 2 heterocycles. The van der Waals surface area contributed by atoms with Crippen LogP contribution in [-0.2, 0) is 41.6 Å². The Morgan fingerprint density at radius 2 is 1.35 bits per heavy atom. The molecule has 7 atom stereocenters. The van der Waals surface area contributed by atoms with Crippen LogP contribution < -0.4 is 37.6 Å². The third-order valence-corrected chi connectivity index (χ3v) is 11.2. The predicted molar refractivity (Wildman–Crippen MR) is 235 cm³/mol. The number of rotatable bonds is 21. The fourth-order valence-corrected chi connectivity index (χ4v) is 7.47. The first-order valence-electron chi connectivity index (χ1n) is 21.1. The number of likely N-dealkylation sites (tertiary alicyclic amines) is 1. The van der Waals surface area contributed by atoms with Gasteiger partial charge in [0.1, 0.15) is 36.1 Å². The molecule has 0 bridgehead atoms. The Balaban J connectivity index is 1.24. The Morgan fingerprint density at radius 1 is 0.746 bits per heavy atom. The number of carbonyl (C=O) groups excluding carboxylic acids is 7. The Kier molecular flexibility index (Phi) is 17.2. The minimum Gasteiger partial charge on any atom is -0.376 e. The number of aliphatic hydroxyl groups excluding tert-OH is 1. The maximum Gasteiger partial charge on any atom is 0.270 e. The zero-order chi connectivity index (χ0) is 45.5. The molecule has 0 saturated carbocycles. The summed E-state index contributed by atoms with van der Waals surface area (Å²) in [5.41, 5.74) is 7.56. The van der Waals surface area contributed by atoms with Gasteiger partial charge in [-0.1, -0.05) is 105 Å². The third kappa shape index (κ3) is 13.4. The smallest absolute Gasteiger partial charge is 0.270 e. The lowest BCUT2D eigenvalue weighted by atomic mass is 9.96. The van der Waals surface area contributed by atoms with Crippen LogP contribution in [0.5, 0.6) is 0 Å². The fourth-order valence-electron chi connectivity index (χ4n) is 7.47. The summed E-state index contributed by atoms with van der Waals surface area (Å²) in [6.07, 6.45) is -0.185. The van der Waals surface area contributed by atoms with Crippen LogP contribution in [0.25, 0.3) is 10.9 Å². The van der Waals surface area contributed by atoms with Crippen molar-refractivity contribution in [1.29, 1.82) is 0 Å². The number of hydrogen-bond donors (Lipinski definition) is 8. The number of amides is 7. The number of pyridine rings is 1. The van der Waals surface area contributed by atoms with Crippen molar-refractivity contribution in [2.24, 2.45) is 11.7 Å². The number of nitrogens with zero attached hydrogens (tertiary/aromatic N) is 2. The van der Waals surface area contributed by atoms with Crippen molar-refractivity contribution < 1.29 is 38.7 Å². The zero-order valence-corrected chi connectivity index (χ0v) is 35.7. The standard InChI is InChI=1S/C46H57N9O8/c1-4-28(2)40(46(63)53-34(41(58)48-3)24-29-14-7-5-8-15-29)54-45(62)37-20-13-23-55(37)39(57)27-49-42(59)35(25-30-16-9-6-10-17-30)51-44(61)36(26-38(47)56)52-43(60)33-22-21-31-18-11-12-19-32(31)50-33/h5-12,14-19,21-22,28,34-37,39-40,57H,4,13,20,23-27H2,1-3H3,(H2,47,56)(H,48,58)(H,49,59)(H,51,61)(H,52,60)(H,53,63)(H,54,62)/t28-,34-,35-,36-,37-,39?,40-/m0/s1. The Hall–Kier alpha value is -6.72. The molecule has 0 radical (unpaired) electrons. The minimum absolute atomic E-state index is 0.00425. The maximum atomic E-state index is 13.9. The van der Waals surface area contributed by atoms with E-state index in [1.807, 2.05) is 56.3 Å². The van der Waals surface area contributed by atoms with Gasteiger partial charge in [0.25, 0.3) is 5.91 Å². The van der Waals surface area contributed by atoms with Crippen LogP contribution in [0.2, 0.25) is 0 Å². The second-order valence-electron chi connectivity index (χ2n) is 15.7. The number of hydrogen-bond acceptors (Lipinski definition) is 10. The lowest BCUT2D eigenvalue weighted by Gasteiger charge is -2.32. The summed E-state index contributed by atoms with van der Waals surface area (Å²) in [5, 5.41) is 28.3. The van der Waals surface area contributed by atoms with Crippen LogP contribution in [0.15, 0.2) is 97.1 Å². The second kappa shape index (κ2) is 22.9. The van der Waals surface area contributed by atoms with Gasteiger partial charge < -0.3 is 42.7 Å². The highest BCUT2D eigenvalue weighted by Crippen LogP contribution is 2.21. The highest BCUT2D eigenvalue weighted by molar-refractivity contribution is 6.00. The highest BCUT2D eigenvalue weighted by atomic mass is 16.3. The first-order valence-corrected chi connectivity index (χ1v) is 21.1. The lowest BCUT2D eigenvalue weighted by molar-refractivity contribution is -0.136. The summed E-state index contributed by atoms with van der Waals surface area (Å²) in [5.74, 6) is -4.83. The molecule has 9 N–H and O–H groups in total. The maximum absolute atomic E-state index is 13.9. The molecule has 0 spiro atoms. The number of carbonyl (C=O) groups is 7. The van der Waals surface area contributed by atoms with Gasteiger partial charge in [-0.05, 0) is 42.0 Å². The van der Waals surface area contributed by atoms with E-state index >= 15 is 0 Å². The van der Waals surface area contributed by atoms with Crippen molar-refractivity contribution >= 4 is 52.3 Å². The molecule has 1 aliphatic rings. The molecular formula is C46H57N9O8. The van der Waals surface area contributed by atoms with Gasteiger partial charge in [-0.3, -0.25) is 38.5 Å². The van der Waals surface area contributed by atoms with Gasteiger partial charge in [0, 0.05) is 31.8 Å². The van der Waals surface area contributed by atoms with E-state index in [1.165, 1.54) is 18.0 Å². The average molecular weight is 864 g/mol. The predicted octanol–water partition coefficient (Wildman–Crippen LogP) is 0.840. The van der Waals surface area contributed by atoms with E-state index in [0.717, 1.165) is 10.9 Å². The number of aromatic nitrogens is 1. The first-order chi connectivity index (χ1) is 30.3. The van der Waals surface area contributed by atoms with Crippen LogP contribution in [-0.4, -0.2) is 113 Å². The van der Waals surface area contributed by atoms with Crippen molar-refractivity contribution in [2.75, 3.05) is 20.1 Å². The van der Waals surface area contributed by atoms with E-state index < -0.39 is 78.3 Å². The van der Waals surface area contributed by atoms with Crippen LogP contribution in [0, 0.1) is 5.92 Å². The van der Waals surface area contributed by atoms with E-state index in [2.05, 4.69) is 36.9 Å². The van der Waals surface area contributed by atoms with Gasteiger partial charge >= 0.3 is 0 Å². The quantitative estimate of drug-likeness (QED) is 0.0586. The average Bonchev–Trinajstić information content (AvgIpc) is 3.79. The highest BCUT2D eigenvalue weighted by Gasteiger charge is 2.38. The molecule has 17 heteroatoms. The number of nitrogens with one attached hydrogen (secondary N) is 6. The summed E-state index contributed by atoms with van der Waals surface area (Å²) in [6.45, 7) is 3.69. The summed E-state index contributed by atoms with van der Waals surface area (Å²) in [4.78, 5) is 99.2. The SMILES string of the molecule is CC[C@H](C)[C@H](NC(=O)[C@@H]1CCCN1C(O)CNC(=O)[C@H](Cc1ccccc1)NC(=O)[C@H](CC(N)=O)NC(=O)c1ccc2ccccc2n1)C(=O)N[C@@H](Cc1ccccc1)C(=O)NC. The van der Waals surface area contributed by atoms with Gasteiger partial charge in [-0.15, -0.1) is 0 Å². The number of benzene rings is 3. The molecular weight excluding hydrogens is 807 g/mol. The third-order valence-electron chi connectivity index (χ3n) is 11.2. The van der Waals surface area contributed by atoms with Crippen LogP contribution in [0.1, 0.15) is 61.1 Å². The van der Waals surface area contributed by atoms with Crippen LogP contribution in [0.4, 0.5) is 0 Å². The van der Waals surface area contributed by atoms with E-state index in [0.29, 0.717) is 36.9 Å². The van der Waals surface area contributed by atoms with Gasteiger partial charge in [-0.25, -0.2) is 4.98 Å². The Bertz CT molecular complexity index is 2230. The number of likely N-dealkylation sites (N-methyl/N-ethyl adjacent to an activating group) is 1. The molecule has 7 amide bonds.